The predicted octanol–water partition coefficient (Wildman–Crippen LogP) is 2.28. The van der Waals surface area contributed by atoms with Crippen LogP contribution in [0.1, 0.15) is 31.2 Å². The summed E-state index contributed by atoms with van der Waals surface area (Å²) in [4.78, 5) is 15.3. The molecule has 0 saturated heterocycles. The van der Waals surface area contributed by atoms with Gasteiger partial charge in [-0.3, -0.25) is 9.89 Å². The molecule has 0 aliphatic heterocycles. The van der Waals surface area contributed by atoms with Gasteiger partial charge in [-0.2, -0.15) is 0 Å². The van der Waals surface area contributed by atoms with Gasteiger partial charge >= 0.3 is 0 Å². The highest BCUT2D eigenvalue weighted by Crippen LogP contribution is 2.45. The maximum Gasteiger partial charge on any atom is 0.226 e. The summed E-state index contributed by atoms with van der Waals surface area (Å²) in [6.07, 6.45) is 3.67. The van der Waals surface area contributed by atoms with E-state index in [0.717, 1.165) is 40.9 Å². The molecule has 0 unspecified atom stereocenters. The number of nitrogens with one attached hydrogen (secondary N) is 3. The number of fused-ring (bicyclic) bond motifs is 1. The van der Waals surface area contributed by atoms with E-state index in [1.165, 1.54) is 0 Å². The fraction of sp³-hybridized carbons (Fsp3) is 0.353. The van der Waals surface area contributed by atoms with Gasteiger partial charge in [0.05, 0.1) is 6.54 Å². The van der Waals surface area contributed by atoms with Crippen molar-refractivity contribution in [3.63, 3.8) is 0 Å². The monoisotopic (exact) mass is 325 g/mol. The molecule has 3 N–H and O–H groups in total. The van der Waals surface area contributed by atoms with Crippen LogP contribution in [0, 0.1) is 5.41 Å². The summed E-state index contributed by atoms with van der Waals surface area (Å²) >= 11 is 0. The minimum atomic E-state index is -0.145. The van der Waals surface area contributed by atoms with Gasteiger partial charge in [-0.05, 0) is 36.4 Å². The average molecular weight is 325 g/mol. The first-order valence-electron chi connectivity index (χ1n) is 8.00. The van der Waals surface area contributed by atoms with Crippen LogP contribution in [0.2, 0.25) is 0 Å². The minimum Gasteiger partial charge on any atom is -0.487 e. The highest BCUT2D eigenvalue weighted by molar-refractivity contribution is 5.85. The van der Waals surface area contributed by atoms with Gasteiger partial charge in [0.25, 0.3) is 0 Å². The van der Waals surface area contributed by atoms with Crippen molar-refractivity contribution in [2.45, 2.75) is 32.9 Å². The molecule has 2 heterocycles. The van der Waals surface area contributed by atoms with Gasteiger partial charge in [0.15, 0.2) is 0 Å². The first-order valence-corrected chi connectivity index (χ1v) is 8.00. The second-order valence-corrected chi connectivity index (χ2v) is 6.54. The average Bonchev–Trinajstić information content (AvgIpc) is 3.03. The van der Waals surface area contributed by atoms with E-state index in [9.17, 15) is 4.79 Å². The van der Waals surface area contributed by atoms with Crippen LogP contribution in [0.4, 0.5) is 0 Å². The van der Waals surface area contributed by atoms with Crippen molar-refractivity contribution in [1.82, 2.24) is 25.7 Å². The van der Waals surface area contributed by atoms with Gasteiger partial charge < -0.3 is 15.0 Å². The lowest BCUT2D eigenvalue weighted by Crippen LogP contribution is -2.29. The number of rotatable bonds is 6. The van der Waals surface area contributed by atoms with Crippen LogP contribution in [-0.4, -0.2) is 26.3 Å². The van der Waals surface area contributed by atoms with E-state index in [4.69, 9.17) is 4.74 Å². The molecular weight excluding hydrogens is 306 g/mol. The second kappa shape index (κ2) is 5.67. The van der Waals surface area contributed by atoms with Crippen LogP contribution in [0.25, 0.3) is 10.9 Å². The molecule has 1 amide bonds. The zero-order valence-electron chi connectivity index (χ0n) is 13.4. The lowest BCUT2D eigenvalue weighted by Gasteiger charge is -2.08. The molecule has 1 fully saturated rings. The van der Waals surface area contributed by atoms with E-state index in [1.54, 1.807) is 6.20 Å². The van der Waals surface area contributed by atoms with E-state index in [0.29, 0.717) is 13.2 Å². The van der Waals surface area contributed by atoms with Crippen LogP contribution in [-0.2, 0) is 17.9 Å². The lowest BCUT2D eigenvalue weighted by molar-refractivity contribution is -0.125. The predicted molar refractivity (Wildman–Crippen MR) is 88.2 cm³/mol. The third kappa shape index (κ3) is 2.97. The number of hydrogen-bond donors (Lipinski definition) is 3. The summed E-state index contributed by atoms with van der Waals surface area (Å²) in [6, 6.07) is 7.91. The molecule has 7 heteroatoms. The largest absolute Gasteiger partial charge is 0.487 e. The molecule has 0 bridgehead atoms. The van der Waals surface area contributed by atoms with Crippen LogP contribution < -0.4 is 10.1 Å². The number of carbonyl (C=O) groups excluding carboxylic acids is 1. The number of nitrogens with zero attached hydrogens (tertiary/aromatic N) is 2. The maximum atomic E-state index is 12.0. The Hall–Kier alpha value is -2.83. The quantitative estimate of drug-likeness (QED) is 0.648. The molecular formula is C17H19N5O2. The smallest absolute Gasteiger partial charge is 0.226 e. The molecule has 0 spiro atoms. The van der Waals surface area contributed by atoms with Crippen molar-refractivity contribution in [3.05, 3.63) is 41.9 Å². The van der Waals surface area contributed by atoms with Gasteiger partial charge in [0.1, 0.15) is 18.1 Å². The molecule has 24 heavy (non-hydrogen) atoms. The highest BCUT2D eigenvalue weighted by Gasteiger charge is 2.44. The van der Waals surface area contributed by atoms with Crippen molar-refractivity contribution in [2.24, 2.45) is 5.41 Å². The number of amides is 1. The van der Waals surface area contributed by atoms with E-state index in [1.807, 2.05) is 31.2 Å². The molecule has 124 valence electrons. The van der Waals surface area contributed by atoms with Gasteiger partial charge in [-0.25, -0.2) is 0 Å². The van der Waals surface area contributed by atoms with Gasteiger partial charge in [-0.15, -0.1) is 5.10 Å². The van der Waals surface area contributed by atoms with Gasteiger partial charge in [0.2, 0.25) is 5.91 Å². The molecule has 1 saturated carbocycles. The van der Waals surface area contributed by atoms with E-state index in [2.05, 4.69) is 25.7 Å². The zero-order chi connectivity index (χ0) is 16.6. The molecule has 3 aromatic rings. The summed E-state index contributed by atoms with van der Waals surface area (Å²) in [5, 5.41) is 14.3. The van der Waals surface area contributed by atoms with Crippen LogP contribution in [0.3, 0.4) is 0 Å². The van der Waals surface area contributed by atoms with Crippen molar-refractivity contribution in [3.8, 4) is 5.75 Å². The Labute approximate surface area is 138 Å². The summed E-state index contributed by atoms with van der Waals surface area (Å²) in [5.41, 5.74) is 2.57. The standard InChI is InChI=1S/C17H19N5O2/c1-17(4-5-17)16(23)18-8-12-6-11-2-3-14(7-15(11)20-12)24-10-13-9-19-22-21-13/h2-3,6-7,9,20H,4-5,8,10H2,1H3,(H,18,23)(H,19,21,22). The number of aromatic nitrogens is 4. The van der Waals surface area contributed by atoms with Crippen LogP contribution in [0.5, 0.6) is 5.75 Å². The topological polar surface area (TPSA) is 95.7 Å². The van der Waals surface area contributed by atoms with E-state index in [-0.39, 0.29) is 11.3 Å². The number of benzene rings is 1. The van der Waals surface area contributed by atoms with E-state index >= 15 is 0 Å². The molecule has 7 nitrogen and oxygen atoms in total. The Morgan fingerprint density at radius 2 is 2.25 bits per heavy atom. The number of carbonyl (C=O) groups is 1. The Balaban J connectivity index is 1.42. The second-order valence-electron chi connectivity index (χ2n) is 6.54. The van der Waals surface area contributed by atoms with Crippen molar-refractivity contribution >= 4 is 16.8 Å². The van der Waals surface area contributed by atoms with Crippen molar-refractivity contribution in [2.75, 3.05) is 0 Å². The van der Waals surface area contributed by atoms with Crippen molar-refractivity contribution < 1.29 is 9.53 Å². The maximum absolute atomic E-state index is 12.0. The SMILES string of the molecule is CC1(C(=O)NCc2cc3ccc(OCc4c[nH]nn4)cc3[nH]2)CC1. The van der Waals surface area contributed by atoms with Gasteiger partial charge in [0, 0.05) is 28.9 Å². The van der Waals surface area contributed by atoms with Crippen molar-refractivity contribution in [1.29, 1.82) is 0 Å². The number of hydrogen-bond acceptors (Lipinski definition) is 4. The molecule has 1 aliphatic carbocycles. The Bertz CT molecular complexity index is 864. The third-order valence-electron chi connectivity index (χ3n) is 4.49. The molecule has 2 aromatic heterocycles. The number of H-pyrrole nitrogens is 2. The first kappa shape index (κ1) is 14.7. The molecule has 1 aromatic carbocycles. The lowest BCUT2D eigenvalue weighted by atomic mass is 10.1. The van der Waals surface area contributed by atoms with E-state index < -0.39 is 0 Å². The summed E-state index contributed by atoms with van der Waals surface area (Å²) in [6.45, 7) is 2.88. The third-order valence-corrected chi connectivity index (χ3v) is 4.49. The molecule has 4 rings (SSSR count). The highest BCUT2D eigenvalue weighted by atomic mass is 16.5. The molecule has 0 atom stereocenters. The number of aromatic amines is 2. The molecule has 1 aliphatic rings. The molecule has 0 radical (unpaired) electrons. The zero-order valence-corrected chi connectivity index (χ0v) is 13.4. The first-order chi connectivity index (χ1) is 11.6. The summed E-state index contributed by atoms with van der Waals surface area (Å²) in [7, 11) is 0. The summed E-state index contributed by atoms with van der Waals surface area (Å²) in [5.74, 6) is 0.895. The summed E-state index contributed by atoms with van der Waals surface area (Å²) < 4.78 is 5.71. The van der Waals surface area contributed by atoms with Gasteiger partial charge in [-0.1, -0.05) is 12.1 Å². The fourth-order valence-corrected chi connectivity index (χ4v) is 2.61. The Morgan fingerprint density at radius 1 is 1.38 bits per heavy atom. The minimum absolute atomic E-state index is 0.137. The Morgan fingerprint density at radius 3 is 3.00 bits per heavy atom. The number of ether oxygens (including phenoxy) is 1. The fourth-order valence-electron chi connectivity index (χ4n) is 2.61. The normalized spacial score (nSPS) is 15.4. The van der Waals surface area contributed by atoms with Crippen LogP contribution >= 0.6 is 0 Å². The Kier molecular flexibility index (Phi) is 3.48. The van der Waals surface area contributed by atoms with Crippen LogP contribution in [0.15, 0.2) is 30.5 Å².